The summed E-state index contributed by atoms with van der Waals surface area (Å²) in [5, 5.41) is 5.72. The van der Waals surface area contributed by atoms with Crippen LogP contribution in [0, 0.1) is 12.7 Å². The molecule has 20 heavy (non-hydrogen) atoms. The number of rotatable bonds is 3. The lowest BCUT2D eigenvalue weighted by Crippen LogP contribution is -2.49. The molecule has 0 aliphatic carbocycles. The summed E-state index contributed by atoms with van der Waals surface area (Å²) < 4.78 is 13.1. The van der Waals surface area contributed by atoms with Crippen LogP contribution in [0.4, 0.5) is 4.39 Å². The predicted octanol–water partition coefficient (Wildman–Crippen LogP) is 0.296. The molecule has 1 fully saturated rings. The minimum Gasteiger partial charge on any atom is -0.343 e. The van der Waals surface area contributed by atoms with Gasteiger partial charge in [-0.15, -0.1) is 0 Å². The first kappa shape index (κ1) is 14.5. The van der Waals surface area contributed by atoms with Crippen molar-refractivity contribution < 1.29 is 14.0 Å². The van der Waals surface area contributed by atoms with Gasteiger partial charge in [-0.3, -0.25) is 9.59 Å². The largest absolute Gasteiger partial charge is 0.343 e. The van der Waals surface area contributed by atoms with Crippen molar-refractivity contribution in [2.24, 2.45) is 0 Å². The molecule has 0 spiro atoms. The second-order valence-corrected chi connectivity index (χ2v) is 4.78. The van der Waals surface area contributed by atoms with Gasteiger partial charge in [-0.2, -0.15) is 0 Å². The zero-order chi connectivity index (χ0) is 14.5. The molecule has 5 nitrogen and oxygen atoms in total. The third kappa shape index (κ3) is 3.54. The van der Waals surface area contributed by atoms with Gasteiger partial charge in [0.15, 0.2) is 0 Å². The molecule has 1 aromatic carbocycles. The Morgan fingerprint density at radius 2 is 2.05 bits per heavy atom. The van der Waals surface area contributed by atoms with Gasteiger partial charge in [0, 0.05) is 31.7 Å². The summed E-state index contributed by atoms with van der Waals surface area (Å²) in [6, 6.07) is 4.13. The number of nitrogens with zero attached hydrogens (tertiary/aromatic N) is 1. The zero-order valence-corrected chi connectivity index (χ0v) is 11.4. The smallest absolute Gasteiger partial charge is 0.251 e. The van der Waals surface area contributed by atoms with Crippen molar-refractivity contribution in [3.05, 3.63) is 35.1 Å². The highest BCUT2D eigenvalue weighted by atomic mass is 19.1. The van der Waals surface area contributed by atoms with Crippen LogP contribution in [0.2, 0.25) is 0 Å². The second-order valence-electron chi connectivity index (χ2n) is 4.78. The summed E-state index contributed by atoms with van der Waals surface area (Å²) >= 11 is 0. The lowest BCUT2D eigenvalue weighted by molar-refractivity contribution is -0.130. The molecule has 1 aromatic rings. The summed E-state index contributed by atoms with van der Waals surface area (Å²) in [7, 11) is 0. The molecule has 1 aliphatic rings. The summed E-state index contributed by atoms with van der Waals surface area (Å²) in [4.78, 5) is 25.5. The van der Waals surface area contributed by atoms with E-state index in [1.165, 1.54) is 18.2 Å². The highest BCUT2D eigenvalue weighted by Gasteiger charge is 2.17. The quantitative estimate of drug-likeness (QED) is 0.836. The monoisotopic (exact) mass is 279 g/mol. The van der Waals surface area contributed by atoms with E-state index in [4.69, 9.17) is 0 Å². The number of amides is 2. The Hall–Kier alpha value is -1.95. The van der Waals surface area contributed by atoms with Crippen molar-refractivity contribution >= 4 is 11.8 Å². The molecular formula is C14H18FN3O2. The van der Waals surface area contributed by atoms with Crippen LogP contribution in [0.1, 0.15) is 15.9 Å². The minimum atomic E-state index is -0.364. The summed E-state index contributed by atoms with van der Waals surface area (Å²) in [5.74, 6) is -0.811. The topological polar surface area (TPSA) is 61.4 Å². The fourth-order valence-corrected chi connectivity index (χ4v) is 2.07. The molecule has 0 unspecified atom stereocenters. The van der Waals surface area contributed by atoms with Gasteiger partial charge < -0.3 is 15.5 Å². The fraction of sp³-hybridized carbons (Fsp3) is 0.429. The van der Waals surface area contributed by atoms with E-state index in [1.807, 2.05) is 0 Å². The fourth-order valence-electron chi connectivity index (χ4n) is 2.07. The van der Waals surface area contributed by atoms with Crippen LogP contribution in [0.3, 0.4) is 0 Å². The van der Waals surface area contributed by atoms with E-state index in [0.29, 0.717) is 24.2 Å². The van der Waals surface area contributed by atoms with Gasteiger partial charge in [0.1, 0.15) is 5.82 Å². The molecule has 6 heteroatoms. The lowest BCUT2D eigenvalue weighted by Gasteiger charge is -2.27. The number of carbonyl (C=O) groups is 2. The lowest BCUT2D eigenvalue weighted by atomic mass is 10.1. The average molecular weight is 279 g/mol. The van der Waals surface area contributed by atoms with Crippen molar-refractivity contribution in [3.8, 4) is 0 Å². The van der Waals surface area contributed by atoms with Gasteiger partial charge in [-0.25, -0.2) is 4.39 Å². The summed E-state index contributed by atoms with van der Waals surface area (Å²) in [6.07, 6.45) is 0. The number of hydrogen-bond donors (Lipinski definition) is 2. The van der Waals surface area contributed by atoms with Crippen LogP contribution in [0.15, 0.2) is 18.2 Å². The maximum Gasteiger partial charge on any atom is 0.251 e. The van der Waals surface area contributed by atoms with Crippen LogP contribution in [0.5, 0.6) is 0 Å². The predicted molar refractivity (Wildman–Crippen MR) is 72.9 cm³/mol. The van der Waals surface area contributed by atoms with E-state index in [9.17, 15) is 14.0 Å². The number of aryl methyl sites for hydroxylation is 1. The van der Waals surface area contributed by atoms with Crippen LogP contribution in [-0.4, -0.2) is 49.4 Å². The number of nitrogens with one attached hydrogen (secondary N) is 2. The first-order valence-corrected chi connectivity index (χ1v) is 6.61. The van der Waals surface area contributed by atoms with Crippen molar-refractivity contribution in [1.82, 2.24) is 15.5 Å². The van der Waals surface area contributed by atoms with E-state index in [1.54, 1.807) is 11.8 Å². The molecule has 0 atom stereocenters. The van der Waals surface area contributed by atoms with Gasteiger partial charge in [0.05, 0.1) is 6.54 Å². The molecule has 0 bridgehead atoms. The first-order chi connectivity index (χ1) is 9.58. The van der Waals surface area contributed by atoms with Crippen molar-refractivity contribution in [3.63, 3.8) is 0 Å². The average Bonchev–Trinajstić information content (AvgIpc) is 2.48. The van der Waals surface area contributed by atoms with E-state index >= 15 is 0 Å². The van der Waals surface area contributed by atoms with E-state index in [2.05, 4.69) is 10.6 Å². The van der Waals surface area contributed by atoms with Crippen LogP contribution in [0.25, 0.3) is 0 Å². The Labute approximate surface area is 117 Å². The highest BCUT2D eigenvalue weighted by molar-refractivity contribution is 5.96. The van der Waals surface area contributed by atoms with Gasteiger partial charge in [-0.05, 0) is 30.7 Å². The molecule has 0 saturated carbocycles. The van der Waals surface area contributed by atoms with Crippen molar-refractivity contribution in [2.75, 3.05) is 32.7 Å². The number of carbonyl (C=O) groups excluding carboxylic acids is 2. The summed E-state index contributed by atoms with van der Waals surface area (Å²) in [5.41, 5.74) is 0.767. The van der Waals surface area contributed by atoms with E-state index in [-0.39, 0.29) is 24.2 Å². The molecule has 0 aromatic heterocycles. The van der Waals surface area contributed by atoms with E-state index < -0.39 is 0 Å². The number of hydrogen-bond acceptors (Lipinski definition) is 3. The van der Waals surface area contributed by atoms with Crippen LogP contribution >= 0.6 is 0 Å². The third-order valence-corrected chi connectivity index (χ3v) is 3.29. The molecule has 1 heterocycles. The molecule has 2 amide bonds. The maximum absolute atomic E-state index is 13.1. The molecule has 2 N–H and O–H groups in total. The molecule has 2 rings (SSSR count). The normalized spacial score (nSPS) is 15.0. The molecular weight excluding hydrogens is 261 g/mol. The number of piperazine rings is 1. The maximum atomic E-state index is 13.1. The van der Waals surface area contributed by atoms with Gasteiger partial charge in [-0.1, -0.05) is 0 Å². The molecule has 1 saturated heterocycles. The third-order valence-electron chi connectivity index (χ3n) is 3.29. The minimum absolute atomic E-state index is 0.0325. The van der Waals surface area contributed by atoms with E-state index in [0.717, 1.165) is 13.1 Å². The first-order valence-electron chi connectivity index (χ1n) is 6.61. The second kappa shape index (κ2) is 6.47. The highest BCUT2D eigenvalue weighted by Crippen LogP contribution is 2.09. The summed E-state index contributed by atoms with van der Waals surface area (Å²) in [6.45, 7) is 4.43. The Bertz CT molecular complexity index is 513. The van der Waals surface area contributed by atoms with Gasteiger partial charge in [0.25, 0.3) is 5.91 Å². The molecule has 108 valence electrons. The van der Waals surface area contributed by atoms with Crippen molar-refractivity contribution in [1.29, 1.82) is 0 Å². The van der Waals surface area contributed by atoms with Gasteiger partial charge >= 0.3 is 0 Å². The molecule has 1 aliphatic heterocycles. The van der Waals surface area contributed by atoms with Crippen LogP contribution in [-0.2, 0) is 4.79 Å². The Kier molecular flexibility index (Phi) is 4.68. The Morgan fingerprint density at radius 3 is 2.70 bits per heavy atom. The molecule has 0 radical (unpaired) electrons. The van der Waals surface area contributed by atoms with Gasteiger partial charge in [0.2, 0.25) is 5.91 Å². The number of benzene rings is 1. The number of halogens is 1. The zero-order valence-electron chi connectivity index (χ0n) is 11.4. The Morgan fingerprint density at radius 1 is 1.35 bits per heavy atom. The SMILES string of the molecule is Cc1cc(C(=O)NCC(=O)N2CCNCC2)ccc1F. The Balaban J connectivity index is 1.88. The standard InChI is InChI=1S/C14H18FN3O2/c1-10-8-11(2-3-12(10)15)14(20)17-9-13(19)18-6-4-16-5-7-18/h2-3,8,16H,4-7,9H2,1H3,(H,17,20). The van der Waals surface area contributed by atoms with Crippen LogP contribution < -0.4 is 10.6 Å². The van der Waals surface area contributed by atoms with Crippen molar-refractivity contribution in [2.45, 2.75) is 6.92 Å².